The Morgan fingerprint density at radius 2 is 2.17 bits per heavy atom. The van der Waals surface area contributed by atoms with Crippen LogP contribution in [0.2, 0.25) is 0 Å². The second-order valence-electron chi connectivity index (χ2n) is 7.21. The number of anilines is 2. The summed E-state index contributed by atoms with van der Waals surface area (Å²) in [5, 5.41) is 14.5. The van der Waals surface area contributed by atoms with E-state index in [-0.39, 0.29) is 11.9 Å². The molecule has 2 unspecified atom stereocenters. The van der Waals surface area contributed by atoms with E-state index in [1.807, 2.05) is 18.3 Å². The second kappa shape index (κ2) is 7.76. The molecule has 148 valence electrons. The van der Waals surface area contributed by atoms with Gasteiger partial charge in [-0.3, -0.25) is 9.78 Å². The number of nitrogens with zero attached hydrogens (tertiary/aromatic N) is 3. The normalized spacial score (nSPS) is 20.7. The van der Waals surface area contributed by atoms with E-state index in [2.05, 4.69) is 48.6 Å². The summed E-state index contributed by atoms with van der Waals surface area (Å²) < 4.78 is 1.12. The molecule has 0 bridgehead atoms. The number of fused-ring (bicyclic) bond motifs is 1. The van der Waals surface area contributed by atoms with Gasteiger partial charge in [0.05, 0.1) is 10.2 Å². The zero-order chi connectivity index (χ0) is 19.6. The average molecular weight is 408 g/mol. The minimum absolute atomic E-state index is 0.150. The maximum Gasteiger partial charge on any atom is 0.270 e. The standard InChI is InChI=1S/C20H21N7OS/c28-19(25-15-3-5-21-11-15)17-8-14(4-6-22-17)26-20-27-16-2-1-12(7-18(16)29-20)13-9-23-24-10-13/h1-2,4,6-9,13,15,21,24H,3,5,10-11H2,(H,25,28)(H,22,26,27). The van der Waals surface area contributed by atoms with Crippen molar-refractivity contribution in [1.29, 1.82) is 0 Å². The first kappa shape index (κ1) is 18.0. The summed E-state index contributed by atoms with van der Waals surface area (Å²) in [6.07, 6.45) is 4.52. The van der Waals surface area contributed by atoms with Crippen LogP contribution in [0, 0.1) is 0 Å². The van der Waals surface area contributed by atoms with Crippen LogP contribution in [0.25, 0.3) is 10.2 Å². The number of pyridine rings is 1. The summed E-state index contributed by atoms with van der Waals surface area (Å²) in [5.41, 5.74) is 6.37. The molecule has 5 rings (SSSR count). The number of hydrogen-bond acceptors (Lipinski definition) is 8. The van der Waals surface area contributed by atoms with Crippen LogP contribution in [0.4, 0.5) is 10.8 Å². The maximum atomic E-state index is 12.5. The number of carbonyl (C=O) groups is 1. The topological polar surface area (TPSA) is 103 Å². The summed E-state index contributed by atoms with van der Waals surface area (Å²) in [5.74, 6) is 0.150. The fourth-order valence-corrected chi connectivity index (χ4v) is 4.50. The van der Waals surface area contributed by atoms with Crippen LogP contribution in [0.1, 0.15) is 28.4 Å². The Labute approximate surface area is 171 Å². The molecule has 2 aliphatic rings. The van der Waals surface area contributed by atoms with Crippen molar-refractivity contribution < 1.29 is 4.79 Å². The van der Waals surface area contributed by atoms with Gasteiger partial charge in [0.2, 0.25) is 0 Å². The number of amides is 1. The molecule has 2 atom stereocenters. The van der Waals surface area contributed by atoms with Gasteiger partial charge in [-0.1, -0.05) is 17.4 Å². The molecule has 4 heterocycles. The van der Waals surface area contributed by atoms with E-state index in [9.17, 15) is 4.79 Å². The molecule has 8 nitrogen and oxygen atoms in total. The molecule has 0 radical (unpaired) electrons. The molecule has 29 heavy (non-hydrogen) atoms. The highest BCUT2D eigenvalue weighted by Crippen LogP contribution is 2.31. The van der Waals surface area contributed by atoms with Gasteiger partial charge in [-0.2, -0.15) is 5.10 Å². The number of thiazole rings is 1. The van der Waals surface area contributed by atoms with Crippen LogP contribution >= 0.6 is 11.3 Å². The van der Waals surface area contributed by atoms with E-state index in [1.165, 1.54) is 5.56 Å². The number of aromatic nitrogens is 2. The molecule has 2 aliphatic heterocycles. The van der Waals surface area contributed by atoms with Crippen molar-refractivity contribution >= 4 is 44.5 Å². The third kappa shape index (κ3) is 3.92. The van der Waals surface area contributed by atoms with Crippen LogP contribution in [0.15, 0.2) is 41.6 Å². The van der Waals surface area contributed by atoms with Gasteiger partial charge < -0.3 is 21.4 Å². The molecule has 1 saturated heterocycles. The largest absolute Gasteiger partial charge is 0.347 e. The van der Waals surface area contributed by atoms with Crippen molar-refractivity contribution in [2.75, 3.05) is 25.0 Å². The Bertz CT molecular complexity index is 1070. The first-order valence-electron chi connectivity index (χ1n) is 9.66. The van der Waals surface area contributed by atoms with Crippen LogP contribution in [-0.2, 0) is 0 Å². The Kier molecular flexibility index (Phi) is 4.82. The quantitative estimate of drug-likeness (QED) is 0.517. The van der Waals surface area contributed by atoms with E-state index >= 15 is 0 Å². The zero-order valence-corrected chi connectivity index (χ0v) is 16.5. The predicted octanol–water partition coefficient (Wildman–Crippen LogP) is 2.20. The van der Waals surface area contributed by atoms with Gasteiger partial charge in [0, 0.05) is 43.1 Å². The number of carbonyl (C=O) groups excluding carboxylic acids is 1. The SMILES string of the molecule is O=C(NC1CCNC1)c1cc(Nc2nc3ccc(C4C=NNC4)cc3s2)ccn1. The minimum Gasteiger partial charge on any atom is -0.347 e. The first-order chi connectivity index (χ1) is 14.2. The summed E-state index contributed by atoms with van der Waals surface area (Å²) in [7, 11) is 0. The van der Waals surface area contributed by atoms with Gasteiger partial charge in [-0.15, -0.1) is 0 Å². The monoisotopic (exact) mass is 407 g/mol. The van der Waals surface area contributed by atoms with E-state index in [4.69, 9.17) is 0 Å². The molecular weight excluding hydrogens is 386 g/mol. The second-order valence-corrected chi connectivity index (χ2v) is 8.24. The summed E-state index contributed by atoms with van der Waals surface area (Å²) in [6, 6.07) is 10.1. The highest BCUT2D eigenvalue weighted by molar-refractivity contribution is 7.22. The lowest BCUT2D eigenvalue weighted by Crippen LogP contribution is -2.36. The van der Waals surface area contributed by atoms with Gasteiger partial charge in [-0.25, -0.2) is 4.98 Å². The fraction of sp³-hybridized carbons (Fsp3) is 0.300. The first-order valence-corrected chi connectivity index (χ1v) is 10.5. The van der Waals surface area contributed by atoms with E-state index < -0.39 is 0 Å². The molecule has 2 aromatic heterocycles. The molecule has 4 N–H and O–H groups in total. The van der Waals surface area contributed by atoms with Crippen molar-refractivity contribution in [3.8, 4) is 0 Å². The van der Waals surface area contributed by atoms with Crippen LogP contribution < -0.4 is 21.4 Å². The molecule has 1 fully saturated rings. The Hall–Kier alpha value is -3.04. The molecule has 3 aromatic rings. The van der Waals surface area contributed by atoms with Gasteiger partial charge in [0.15, 0.2) is 5.13 Å². The number of benzene rings is 1. The van der Waals surface area contributed by atoms with Crippen LogP contribution in [-0.4, -0.2) is 47.8 Å². The lowest BCUT2D eigenvalue weighted by Gasteiger charge is -2.11. The summed E-state index contributed by atoms with van der Waals surface area (Å²) in [4.78, 5) is 21.3. The lowest BCUT2D eigenvalue weighted by atomic mass is 10.0. The highest BCUT2D eigenvalue weighted by atomic mass is 32.1. The number of hydrazone groups is 1. The molecule has 9 heteroatoms. The highest BCUT2D eigenvalue weighted by Gasteiger charge is 2.19. The maximum absolute atomic E-state index is 12.5. The van der Waals surface area contributed by atoms with Crippen molar-refractivity contribution in [2.24, 2.45) is 5.10 Å². The smallest absolute Gasteiger partial charge is 0.270 e. The van der Waals surface area contributed by atoms with Crippen molar-refractivity contribution in [2.45, 2.75) is 18.4 Å². The number of hydrogen-bond donors (Lipinski definition) is 4. The van der Waals surface area contributed by atoms with Gasteiger partial charge in [0.1, 0.15) is 5.69 Å². The van der Waals surface area contributed by atoms with E-state index in [0.717, 1.165) is 47.1 Å². The molecule has 0 aliphatic carbocycles. The van der Waals surface area contributed by atoms with Crippen LogP contribution in [0.5, 0.6) is 0 Å². The minimum atomic E-state index is -0.150. The van der Waals surface area contributed by atoms with Gasteiger partial charge in [-0.05, 0) is 42.8 Å². The number of nitrogens with one attached hydrogen (secondary N) is 4. The van der Waals surface area contributed by atoms with Crippen molar-refractivity contribution in [3.05, 3.63) is 47.8 Å². The molecule has 0 saturated carbocycles. The predicted molar refractivity (Wildman–Crippen MR) is 115 cm³/mol. The van der Waals surface area contributed by atoms with Gasteiger partial charge >= 0.3 is 0 Å². The molecular formula is C20H21N7OS. The van der Waals surface area contributed by atoms with Gasteiger partial charge in [0.25, 0.3) is 5.91 Å². The van der Waals surface area contributed by atoms with Crippen molar-refractivity contribution in [3.63, 3.8) is 0 Å². The average Bonchev–Trinajstić information content (AvgIpc) is 3.49. The Morgan fingerprint density at radius 3 is 3.00 bits per heavy atom. The lowest BCUT2D eigenvalue weighted by molar-refractivity contribution is 0.0935. The van der Waals surface area contributed by atoms with Crippen molar-refractivity contribution in [1.82, 2.24) is 26.0 Å². The molecule has 1 amide bonds. The summed E-state index contributed by atoms with van der Waals surface area (Å²) >= 11 is 1.59. The van der Waals surface area contributed by atoms with E-state index in [1.54, 1.807) is 23.6 Å². The Morgan fingerprint density at radius 1 is 1.21 bits per heavy atom. The molecule has 0 spiro atoms. The summed E-state index contributed by atoms with van der Waals surface area (Å²) in [6.45, 7) is 2.57. The van der Waals surface area contributed by atoms with Crippen LogP contribution in [0.3, 0.4) is 0 Å². The van der Waals surface area contributed by atoms with E-state index in [0.29, 0.717) is 11.6 Å². The molecule has 1 aromatic carbocycles. The zero-order valence-electron chi connectivity index (χ0n) is 15.7. The Balaban J connectivity index is 1.32. The third-order valence-electron chi connectivity index (χ3n) is 5.14. The fourth-order valence-electron chi connectivity index (χ4n) is 3.57. The third-order valence-corrected chi connectivity index (χ3v) is 6.07. The number of rotatable bonds is 5.